The molecule has 29 heavy (non-hydrogen) atoms. The topological polar surface area (TPSA) is 99.1 Å². The molecule has 0 aromatic heterocycles. The smallest absolute Gasteiger partial charge is 0.526 e. The lowest BCUT2D eigenvalue weighted by Gasteiger charge is -2.28. The number of para-hydroxylation sites is 1. The number of hydrogen-bond acceptors (Lipinski definition) is 7. The molecule has 10 heteroatoms. The molecule has 0 radical (unpaired) electrons. The predicted octanol–water partition coefficient (Wildman–Crippen LogP) is 2.93. The summed E-state index contributed by atoms with van der Waals surface area (Å²) in [7, 11) is -1.37. The van der Waals surface area contributed by atoms with E-state index in [1.807, 2.05) is 0 Å². The van der Waals surface area contributed by atoms with E-state index < -0.39 is 49.8 Å². The van der Waals surface area contributed by atoms with Gasteiger partial charge in [0.15, 0.2) is 0 Å². The molecule has 0 unspecified atom stereocenters. The van der Waals surface area contributed by atoms with Crippen LogP contribution in [0.2, 0.25) is 5.82 Å². The SMILES string of the molecule is CCC(=O)OCOC(=O)c1cccc2c1OB(O)[C@@H](CC(=O)CCC(C)(F)F)C2. The molecule has 2 rings (SSSR count). The summed E-state index contributed by atoms with van der Waals surface area (Å²) in [6.45, 7) is 1.80. The molecule has 1 heterocycles. The monoisotopic (exact) mass is 412 g/mol. The molecule has 1 atom stereocenters. The molecule has 1 aliphatic rings. The van der Waals surface area contributed by atoms with Gasteiger partial charge in [-0.15, -0.1) is 0 Å². The van der Waals surface area contributed by atoms with E-state index >= 15 is 0 Å². The van der Waals surface area contributed by atoms with Crippen molar-refractivity contribution in [3.8, 4) is 5.75 Å². The van der Waals surface area contributed by atoms with Crippen LogP contribution in [0.3, 0.4) is 0 Å². The van der Waals surface area contributed by atoms with Crippen LogP contribution in [0.15, 0.2) is 18.2 Å². The average molecular weight is 412 g/mol. The third-order valence-corrected chi connectivity index (χ3v) is 4.47. The van der Waals surface area contributed by atoms with Crippen LogP contribution in [-0.4, -0.2) is 42.6 Å². The Labute approximate surface area is 167 Å². The van der Waals surface area contributed by atoms with Crippen LogP contribution in [0.25, 0.3) is 0 Å². The molecular formula is C19H23BF2O7. The van der Waals surface area contributed by atoms with Gasteiger partial charge in [0.1, 0.15) is 17.1 Å². The van der Waals surface area contributed by atoms with Gasteiger partial charge in [-0.25, -0.2) is 13.6 Å². The molecule has 1 aromatic rings. The first-order valence-corrected chi connectivity index (χ1v) is 9.29. The second-order valence-electron chi connectivity index (χ2n) is 7.00. The largest absolute Gasteiger partial charge is 0.535 e. The van der Waals surface area contributed by atoms with E-state index in [0.29, 0.717) is 5.56 Å². The number of alkyl halides is 2. The van der Waals surface area contributed by atoms with E-state index in [2.05, 4.69) is 0 Å². The molecule has 0 saturated heterocycles. The van der Waals surface area contributed by atoms with Gasteiger partial charge in [0.25, 0.3) is 0 Å². The van der Waals surface area contributed by atoms with Gasteiger partial charge in [-0.1, -0.05) is 19.1 Å². The molecular weight excluding hydrogens is 389 g/mol. The first-order valence-electron chi connectivity index (χ1n) is 9.29. The molecule has 7 nitrogen and oxygen atoms in total. The highest BCUT2D eigenvalue weighted by atomic mass is 19.3. The maximum absolute atomic E-state index is 12.9. The summed E-state index contributed by atoms with van der Waals surface area (Å²) in [6, 6.07) is 4.70. The van der Waals surface area contributed by atoms with Gasteiger partial charge in [-0.3, -0.25) is 9.59 Å². The Hall–Kier alpha value is -2.49. The lowest BCUT2D eigenvalue weighted by Crippen LogP contribution is -2.36. The third kappa shape index (κ3) is 6.81. The molecule has 1 aliphatic heterocycles. The number of ether oxygens (including phenoxy) is 2. The van der Waals surface area contributed by atoms with Gasteiger partial charge in [-0.2, -0.15) is 0 Å². The van der Waals surface area contributed by atoms with Crippen LogP contribution in [0.4, 0.5) is 8.78 Å². The van der Waals surface area contributed by atoms with Gasteiger partial charge in [-0.05, 0) is 25.0 Å². The van der Waals surface area contributed by atoms with E-state index in [1.165, 1.54) is 6.07 Å². The summed E-state index contributed by atoms with van der Waals surface area (Å²) in [5.41, 5.74) is 0.624. The van der Waals surface area contributed by atoms with Crippen LogP contribution in [-0.2, 0) is 25.5 Å². The molecule has 0 fully saturated rings. The lowest BCUT2D eigenvalue weighted by atomic mass is 9.64. The minimum absolute atomic E-state index is 0.0458. The summed E-state index contributed by atoms with van der Waals surface area (Å²) in [5, 5.41) is 10.2. The van der Waals surface area contributed by atoms with Gasteiger partial charge < -0.3 is 19.2 Å². The van der Waals surface area contributed by atoms with E-state index in [4.69, 9.17) is 14.1 Å². The number of carbonyl (C=O) groups is 3. The number of fused-ring (bicyclic) bond motifs is 1. The standard InChI is InChI=1S/C19H23BF2O7/c1-3-16(24)27-11-28-18(25)15-6-4-5-12-9-13(20(26)29-17(12)15)10-14(23)7-8-19(2,21)22/h4-6,13,26H,3,7-11H2,1-2H3/t13-/m1/s1. The summed E-state index contributed by atoms with van der Waals surface area (Å²) in [4.78, 5) is 35.3. The molecule has 0 saturated carbocycles. The highest BCUT2D eigenvalue weighted by Crippen LogP contribution is 2.37. The number of halogens is 2. The fourth-order valence-corrected chi connectivity index (χ4v) is 2.90. The van der Waals surface area contributed by atoms with Crippen molar-refractivity contribution in [2.24, 2.45) is 0 Å². The van der Waals surface area contributed by atoms with Gasteiger partial charge in [0, 0.05) is 31.5 Å². The van der Waals surface area contributed by atoms with Crippen molar-refractivity contribution in [2.45, 2.75) is 57.7 Å². The highest BCUT2D eigenvalue weighted by Gasteiger charge is 2.38. The first-order chi connectivity index (χ1) is 13.6. The Kier molecular flexibility index (Phi) is 7.72. The van der Waals surface area contributed by atoms with Crippen LogP contribution < -0.4 is 4.65 Å². The van der Waals surface area contributed by atoms with Gasteiger partial charge in [0.05, 0.1) is 0 Å². The minimum atomic E-state index is -2.93. The van der Waals surface area contributed by atoms with E-state index in [-0.39, 0.29) is 37.0 Å². The Morgan fingerprint density at radius 1 is 1.31 bits per heavy atom. The summed E-state index contributed by atoms with van der Waals surface area (Å²) in [6.07, 6.45) is -0.578. The van der Waals surface area contributed by atoms with E-state index in [1.54, 1.807) is 19.1 Å². The van der Waals surface area contributed by atoms with Crippen molar-refractivity contribution >= 4 is 24.8 Å². The van der Waals surface area contributed by atoms with Crippen molar-refractivity contribution in [3.63, 3.8) is 0 Å². The number of ketones is 1. The quantitative estimate of drug-likeness (QED) is 0.378. The zero-order valence-corrected chi connectivity index (χ0v) is 16.3. The zero-order chi connectivity index (χ0) is 21.6. The number of rotatable bonds is 9. The molecule has 0 aliphatic carbocycles. The normalized spacial score (nSPS) is 15.9. The van der Waals surface area contributed by atoms with Crippen molar-refractivity contribution < 1.29 is 42.3 Å². The highest BCUT2D eigenvalue weighted by molar-refractivity contribution is 6.47. The van der Waals surface area contributed by atoms with Crippen molar-refractivity contribution in [3.05, 3.63) is 29.3 Å². The van der Waals surface area contributed by atoms with Crippen molar-refractivity contribution in [2.75, 3.05) is 6.79 Å². The third-order valence-electron chi connectivity index (χ3n) is 4.47. The molecule has 158 valence electrons. The maximum atomic E-state index is 12.9. The summed E-state index contributed by atoms with van der Waals surface area (Å²) < 4.78 is 40.8. The Bertz CT molecular complexity index is 763. The van der Waals surface area contributed by atoms with Crippen molar-refractivity contribution in [1.82, 2.24) is 0 Å². The predicted molar refractivity (Wildman–Crippen MR) is 98.6 cm³/mol. The second kappa shape index (κ2) is 9.82. The van der Waals surface area contributed by atoms with E-state index in [0.717, 1.165) is 6.92 Å². The molecule has 0 amide bonds. The zero-order valence-electron chi connectivity index (χ0n) is 16.3. The fourth-order valence-electron chi connectivity index (χ4n) is 2.90. The Balaban J connectivity index is 2.01. The molecule has 0 spiro atoms. The van der Waals surface area contributed by atoms with Crippen LogP contribution in [0.5, 0.6) is 5.75 Å². The van der Waals surface area contributed by atoms with Crippen LogP contribution >= 0.6 is 0 Å². The second-order valence-corrected chi connectivity index (χ2v) is 7.00. The maximum Gasteiger partial charge on any atom is 0.526 e. The molecule has 1 aromatic carbocycles. The number of carbonyl (C=O) groups excluding carboxylic acids is 3. The molecule has 1 N–H and O–H groups in total. The number of hydrogen-bond donors (Lipinski definition) is 1. The van der Waals surface area contributed by atoms with Gasteiger partial charge in [0.2, 0.25) is 12.7 Å². The van der Waals surface area contributed by atoms with Crippen LogP contribution in [0, 0.1) is 0 Å². The summed E-state index contributed by atoms with van der Waals surface area (Å²) >= 11 is 0. The van der Waals surface area contributed by atoms with Crippen LogP contribution in [0.1, 0.15) is 55.5 Å². The van der Waals surface area contributed by atoms with E-state index in [9.17, 15) is 28.2 Å². The Morgan fingerprint density at radius 2 is 2.03 bits per heavy atom. The fraction of sp³-hybridized carbons (Fsp3) is 0.526. The molecule has 0 bridgehead atoms. The van der Waals surface area contributed by atoms with Gasteiger partial charge >= 0.3 is 19.1 Å². The number of Topliss-reactive ketones (excluding diaryl/α,β-unsaturated/α-hetero) is 1. The lowest BCUT2D eigenvalue weighted by molar-refractivity contribution is -0.151. The number of benzene rings is 1. The minimum Gasteiger partial charge on any atom is -0.535 e. The van der Waals surface area contributed by atoms with Crippen molar-refractivity contribution in [1.29, 1.82) is 0 Å². The Morgan fingerprint density at radius 3 is 2.69 bits per heavy atom. The number of esters is 2. The average Bonchev–Trinajstić information content (AvgIpc) is 2.65. The first kappa shape index (κ1) is 22.8. The summed E-state index contributed by atoms with van der Waals surface area (Å²) in [5.74, 6) is -5.13.